The molecule has 1 atom stereocenters. The molecule has 134 valence electrons. The molecule has 3 rings (SSSR count). The SMILES string of the molecule is COc1cccc(Cc2nnc(NC(=O)C(N)C3CCOCC3)s2)c1. The Morgan fingerprint density at radius 3 is 3.00 bits per heavy atom. The second kappa shape index (κ2) is 8.37. The quantitative estimate of drug-likeness (QED) is 0.813. The highest BCUT2D eigenvalue weighted by molar-refractivity contribution is 7.15. The van der Waals surface area contributed by atoms with Crippen LogP contribution in [0.4, 0.5) is 5.13 Å². The monoisotopic (exact) mass is 362 g/mol. The molecule has 0 saturated carbocycles. The third kappa shape index (κ3) is 4.75. The third-order valence-electron chi connectivity index (χ3n) is 4.26. The van der Waals surface area contributed by atoms with Crippen molar-refractivity contribution >= 4 is 22.4 Å². The standard InChI is InChI=1S/C17H22N4O3S/c1-23-13-4-2-3-11(9-13)10-14-20-21-17(25-14)19-16(22)15(18)12-5-7-24-8-6-12/h2-4,9,12,15H,5-8,10,18H2,1H3,(H,19,21,22). The molecule has 1 amide bonds. The van der Waals surface area contributed by atoms with E-state index in [9.17, 15) is 4.79 Å². The molecule has 1 unspecified atom stereocenters. The summed E-state index contributed by atoms with van der Waals surface area (Å²) in [5, 5.41) is 12.3. The number of ether oxygens (including phenoxy) is 2. The van der Waals surface area contributed by atoms with E-state index in [2.05, 4.69) is 15.5 Å². The highest BCUT2D eigenvalue weighted by Gasteiger charge is 2.27. The molecule has 1 saturated heterocycles. The van der Waals surface area contributed by atoms with Gasteiger partial charge in [-0.25, -0.2) is 0 Å². The summed E-state index contributed by atoms with van der Waals surface area (Å²) in [6.45, 7) is 1.32. The van der Waals surface area contributed by atoms with Gasteiger partial charge in [0, 0.05) is 19.6 Å². The summed E-state index contributed by atoms with van der Waals surface area (Å²) in [7, 11) is 1.64. The van der Waals surface area contributed by atoms with Gasteiger partial charge in [-0.2, -0.15) is 0 Å². The van der Waals surface area contributed by atoms with Gasteiger partial charge < -0.3 is 15.2 Å². The van der Waals surface area contributed by atoms with Gasteiger partial charge in [0.2, 0.25) is 11.0 Å². The smallest absolute Gasteiger partial charge is 0.243 e. The first-order valence-electron chi connectivity index (χ1n) is 8.25. The number of nitrogens with two attached hydrogens (primary N) is 1. The molecule has 0 aliphatic carbocycles. The summed E-state index contributed by atoms with van der Waals surface area (Å²) >= 11 is 1.36. The summed E-state index contributed by atoms with van der Waals surface area (Å²) in [6, 6.07) is 7.25. The topological polar surface area (TPSA) is 99.4 Å². The fraction of sp³-hybridized carbons (Fsp3) is 0.471. The lowest BCUT2D eigenvalue weighted by molar-refractivity contribution is -0.119. The van der Waals surface area contributed by atoms with Crippen molar-refractivity contribution in [1.82, 2.24) is 10.2 Å². The Bertz CT molecular complexity index is 715. The van der Waals surface area contributed by atoms with Crippen molar-refractivity contribution in [1.29, 1.82) is 0 Å². The number of methoxy groups -OCH3 is 1. The fourth-order valence-corrected chi connectivity index (χ4v) is 3.59. The second-order valence-corrected chi connectivity index (χ2v) is 7.06. The summed E-state index contributed by atoms with van der Waals surface area (Å²) in [6.07, 6.45) is 2.26. The highest BCUT2D eigenvalue weighted by Crippen LogP contribution is 2.22. The van der Waals surface area contributed by atoms with E-state index >= 15 is 0 Å². The first kappa shape index (κ1) is 17.8. The predicted molar refractivity (Wildman–Crippen MR) is 95.9 cm³/mol. The minimum atomic E-state index is -0.547. The molecule has 1 aromatic heterocycles. The van der Waals surface area contributed by atoms with Crippen molar-refractivity contribution in [2.75, 3.05) is 25.6 Å². The van der Waals surface area contributed by atoms with Crippen molar-refractivity contribution in [3.8, 4) is 5.75 Å². The van der Waals surface area contributed by atoms with Crippen molar-refractivity contribution in [3.63, 3.8) is 0 Å². The van der Waals surface area contributed by atoms with Crippen LogP contribution in [0.1, 0.15) is 23.4 Å². The molecule has 1 aliphatic heterocycles. The van der Waals surface area contributed by atoms with E-state index in [0.717, 1.165) is 29.2 Å². The molecule has 3 N–H and O–H groups in total. The van der Waals surface area contributed by atoms with E-state index in [1.165, 1.54) is 11.3 Å². The maximum absolute atomic E-state index is 12.3. The Morgan fingerprint density at radius 2 is 2.24 bits per heavy atom. The number of amides is 1. The predicted octanol–water partition coefficient (Wildman–Crippen LogP) is 1.83. The van der Waals surface area contributed by atoms with Crippen LogP contribution in [0.5, 0.6) is 5.75 Å². The third-order valence-corrected chi connectivity index (χ3v) is 5.10. The Hall–Kier alpha value is -2.03. The van der Waals surface area contributed by atoms with Gasteiger partial charge in [-0.3, -0.25) is 10.1 Å². The number of benzene rings is 1. The van der Waals surface area contributed by atoms with Gasteiger partial charge in [-0.15, -0.1) is 10.2 Å². The van der Waals surface area contributed by atoms with E-state index in [1.807, 2.05) is 24.3 Å². The zero-order valence-electron chi connectivity index (χ0n) is 14.1. The number of carbonyl (C=O) groups is 1. The normalized spacial score (nSPS) is 16.4. The van der Waals surface area contributed by atoms with E-state index in [0.29, 0.717) is 24.8 Å². The fourth-order valence-electron chi connectivity index (χ4n) is 2.81. The molecule has 2 heterocycles. The number of nitrogens with zero attached hydrogens (tertiary/aromatic N) is 2. The maximum atomic E-state index is 12.3. The van der Waals surface area contributed by atoms with Crippen LogP contribution in [-0.2, 0) is 16.0 Å². The average Bonchev–Trinajstić information content (AvgIpc) is 3.08. The summed E-state index contributed by atoms with van der Waals surface area (Å²) < 4.78 is 10.5. The number of hydrogen-bond donors (Lipinski definition) is 2. The molecule has 0 radical (unpaired) electrons. The molecular formula is C17H22N4O3S. The van der Waals surface area contributed by atoms with Crippen LogP contribution in [-0.4, -0.2) is 42.5 Å². The van der Waals surface area contributed by atoms with Gasteiger partial charge in [0.25, 0.3) is 0 Å². The molecule has 1 aromatic carbocycles. The zero-order chi connectivity index (χ0) is 17.6. The lowest BCUT2D eigenvalue weighted by Crippen LogP contribution is -2.43. The summed E-state index contributed by atoms with van der Waals surface area (Å²) in [4.78, 5) is 12.3. The Balaban J connectivity index is 1.58. The minimum absolute atomic E-state index is 0.151. The number of nitrogens with one attached hydrogen (secondary N) is 1. The van der Waals surface area contributed by atoms with E-state index in [4.69, 9.17) is 15.2 Å². The summed E-state index contributed by atoms with van der Waals surface area (Å²) in [5.41, 5.74) is 7.15. The first-order valence-corrected chi connectivity index (χ1v) is 9.07. The largest absolute Gasteiger partial charge is 0.497 e. The van der Waals surface area contributed by atoms with Crippen LogP contribution < -0.4 is 15.8 Å². The summed E-state index contributed by atoms with van der Waals surface area (Å²) in [5.74, 6) is 0.742. The molecule has 0 bridgehead atoms. The van der Waals surface area contributed by atoms with Gasteiger partial charge in [-0.05, 0) is 36.5 Å². The average molecular weight is 362 g/mol. The molecule has 8 heteroatoms. The van der Waals surface area contributed by atoms with Gasteiger partial charge >= 0.3 is 0 Å². The van der Waals surface area contributed by atoms with Gasteiger partial charge in [0.1, 0.15) is 10.8 Å². The van der Waals surface area contributed by atoms with E-state index < -0.39 is 6.04 Å². The Kier molecular flexibility index (Phi) is 5.95. The minimum Gasteiger partial charge on any atom is -0.497 e. The number of rotatable bonds is 6. The van der Waals surface area contributed by atoms with E-state index in [-0.39, 0.29) is 11.8 Å². The lowest BCUT2D eigenvalue weighted by atomic mass is 9.92. The number of hydrogen-bond acceptors (Lipinski definition) is 7. The second-order valence-electron chi connectivity index (χ2n) is 5.99. The lowest BCUT2D eigenvalue weighted by Gasteiger charge is -2.26. The van der Waals surface area contributed by atoms with Gasteiger partial charge in [0.15, 0.2) is 0 Å². The van der Waals surface area contributed by atoms with Crippen LogP contribution in [0.3, 0.4) is 0 Å². The van der Waals surface area contributed by atoms with Crippen molar-refractivity contribution in [2.24, 2.45) is 11.7 Å². The molecular weight excluding hydrogens is 340 g/mol. The van der Waals surface area contributed by atoms with Crippen LogP contribution in [0.25, 0.3) is 0 Å². The van der Waals surface area contributed by atoms with Crippen molar-refractivity contribution in [2.45, 2.75) is 25.3 Å². The molecule has 7 nitrogen and oxygen atoms in total. The number of carbonyl (C=O) groups excluding carboxylic acids is 1. The molecule has 0 spiro atoms. The molecule has 1 aliphatic rings. The Labute approximate surface area is 150 Å². The zero-order valence-corrected chi connectivity index (χ0v) is 14.9. The van der Waals surface area contributed by atoms with Crippen LogP contribution in [0, 0.1) is 5.92 Å². The van der Waals surface area contributed by atoms with Crippen molar-refractivity contribution < 1.29 is 14.3 Å². The van der Waals surface area contributed by atoms with Gasteiger partial charge in [-0.1, -0.05) is 23.5 Å². The Morgan fingerprint density at radius 1 is 1.44 bits per heavy atom. The number of anilines is 1. The molecule has 2 aromatic rings. The molecule has 25 heavy (non-hydrogen) atoms. The number of aromatic nitrogens is 2. The van der Waals surface area contributed by atoms with Crippen LogP contribution in [0.2, 0.25) is 0 Å². The van der Waals surface area contributed by atoms with E-state index in [1.54, 1.807) is 7.11 Å². The molecule has 1 fully saturated rings. The maximum Gasteiger partial charge on any atom is 0.243 e. The van der Waals surface area contributed by atoms with Crippen molar-refractivity contribution in [3.05, 3.63) is 34.8 Å². The van der Waals surface area contributed by atoms with Crippen LogP contribution in [0.15, 0.2) is 24.3 Å². The highest BCUT2D eigenvalue weighted by atomic mass is 32.1. The first-order chi connectivity index (χ1) is 12.2. The van der Waals surface area contributed by atoms with Crippen LogP contribution >= 0.6 is 11.3 Å². The van der Waals surface area contributed by atoms with Gasteiger partial charge in [0.05, 0.1) is 13.2 Å².